The third-order valence-corrected chi connectivity index (χ3v) is 3.24. The van der Waals surface area contributed by atoms with Gasteiger partial charge < -0.3 is 4.98 Å². The highest BCUT2D eigenvalue weighted by molar-refractivity contribution is 7.98. The van der Waals surface area contributed by atoms with E-state index < -0.39 is 0 Å². The number of fused-ring (bicyclic) bond motifs is 1. The summed E-state index contributed by atoms with van der Waals surface area (Å²) >= 11 is 1.51. The molecule has 2 aromatic rings. The van der Waals surface area contributed by atoms with E-state index in [9.17, 15) is 4.79 Å². The number of nitrogens with one attached hydrogen (secondary N) is 1. The predicted molar refractivity (Wildman–Crippen MR) is 71.7 cm³/mol. The molecule has 0 bridgehead atoms. The van der Waals surface area contributed by atoms with Gasteiger partial charge in [0.1, 0.15) is 5.52 Å². The van der Waals surface area contributed by atoms with E-state index in [4.69, 9.17) is 0 Å². The van der Waals surface area contributed by atoms with Crippen LogP contribution in [0.4, 0.5) is 0 Å². The summed E-state index contributed by atoms with van der Waals surface area (Å²) in [6.07, 6.45) is 1.95. The van der Waals surface area contributed by atoms with Crippen molar-refractivity contribution < 1.29 is 0 Å². The molecule has 17 heavy (non-hydrogen) atoms. The Balaban J connectivity index is 2.71. The number of aromatic amines is 1. The van der Waals surface area contributed by atoms with E-state index in [0.29, 0.717) is 18.0 Å². The lowest BCUT2D eigenvalue weighted by Crippen LogP contribution is -2.25. The molecule has 0 aromatic carbocycles. The minimum Gasteiger partial charge on any atom is -0.353 e. The first kappa shape index (κ1) is 12.2. The Morgan fingerprint density at radius 3 is 2.82 bits per heavy atom. The smallest absolute Gasteiger partial charge is 0.278 e. The number of hydrogen-bond acceptors (Lipinski definition) is 3. The molecule has 0 saturated carbocycles. The number of rotatable bonds is 3. The molecular weight excluding hydrogens is 234 g/mol. The molecule has 2 heterocycles. The topological polar surface area (TPSA) is 50.7 Å². The van der Waals surface area contributed by atoms with Gasteiger partial charge in [-0.25, -0.2) is 4.98 Å². The fourth-order valence-corrected chi connectivity index (χ4v) is 2.46. The van der Waals surface area contributed by atoms with E-state index in [1.807, 2.05) is 19.2 Å². The Labute approximate surface area is 104 Å². The number of thioether (sulfide) groups is 1. The normalized spacial score (nSPS) is 11.6. The van der Waals surface area contributed by atoms with Crippen LogP contribution >= 0.6 is 11.8 Å². The molecule has 0 saturated heterocycles. The van der Waals surface area contributed by atoms with Crippen molar-refractivity contribution in [3.05, 3.63) is 22.1 Å². The first-order valence-electron chi connectivity index (χ1n) is 5.67. The molecule has 1 N–H and O–H groups in total. The monoisotopic (exact) mass is 251 g/mol. The Kier molecular flexibility index (Phi) is 3.28. The van der Waals surface area contributed by atoms with Crippen LogP contribution in [0, 0.1) is 12.8 Å². The van der Waals surface area contributed by atoms with Gasteiger partial charge >= 0.3 is 0 Å². The number of nitrogens with zero attached hydrogens (tertiary/aromatic N) is 2. The van der Waals surface area contributed by atoms with Gasteiger partial charge in [-0.05, 0) is 25.2 Å². The molecular formula is C12H17N3OS. The molecule has 0 amide bonds. The van der Waals surface area contributed by atoms with Gasteiger partial charge in [0.2, 0.25) is 0 Å². The molecule has 0 fully saturated rings. The number of H-pyrrole nitrogens is 1. The maximum absolute atomic E-state index is 12.3. The second-order valence-electron chi connectivity index (χ2n) is 4.62. The summed E-state index contributed by atoms with van der Waals surface area (Å²) < 4.78 is 1.76. The third kappa shape index (κ3) is 2.24. The van der Waals surface area contributed by atoms with E-state index in [0.717, 1.165) is 16.4 Å². The standard InChI is InChI=1S/C12H17N3OS/c1-7(2)6-15-11(16)10-9(5-8(3)13-10)14-12(15)17-4/h5,7,13H,6H2,1-4H3. The SMILES string of the molecule is CSc1nc2cc(C)[nH]c2c(=O)n1CC(C)C. The van der Waals surface area contributed by atoms with Crippen LogP contribution in [0.2, 0.25) is 0 Å². The summed E-state index contributed by atoms with van der Waals surface area (Å²) in [5, 5.41) is 0.787. The summed E-state index contributed by atoms with van der Waals surface area (Å²) in [5.74, 6) is 0.425. The minimum absolute atomic E-state index is 0.0288. The molecule has 0 aliphatic heterocycles. The van der Waals surface area contributed by atoms with E-state index in [1.54, 1.807) is 4.57 Å². The lowest BCUT2D eigenvalue weighted by Gasteiger charge is -2.12. The van der Waals surface area contributed by atoms with E-state index in [2.05, 4.69) is 23.8 Å². The van der Waals surface area contributed by atoms with Gasteiger partial charge in [0.05, 0.1) is 5.52 Å². The Bertz CT molecular complexity index is 598. The van der Waals surface area contributed by atoms with Crippen LogP contribution in [0.15, 0.2) is 16.0 Å². The van der Waals surface area contributed by atoms with Crippen LogP contribution in [-0.4, -0.2) is 20.8 Å². The Hall–Kier alpha value is -1.23. The van der Waals surface area contributed by atoms with Crippen molar-refractivity contribution in [3.8, 4) is 0 Å². The maximum Gasteiger partial charge on any atom is 0.278 e. The van der Waals surface area contributed by atoms with Crippen LogP contribution in [0.3, 0.4) is 0 Å². The zero-order valence-corrected chi connectivity index (χ0v) is 11.4. The van der Waals surface area contributed by atoms with Gasteiger partial charge in [-0.3, -0.25) is 9.36 Å². The van der Waals surface area contributed by atoms with E-state index in [-0.39, 0.29) is 5.56 Å². The lowest BCUT2D eigenvalue weighted by molar-refractivity contribution is 0.475. The summed E-state index contributed by atoms with van der Waals surface area (Å²) in [6.45, 7) is 6.84. The second-order valence-corrected chi connectivity index (χ2v) is 5.39. The van der Waals surface area contributed by atoms with Gasteiger partial charge in [0.15, 0.2) is 5.16 Å². The largest absolute Gasteiger partial charge is 0.353 e. The fraction of sp³-hybridized carbons (Fsp3) is 0.500. The van der Waals surface area contributed by atoms with Gasteiger partial charge in [0.25, 0.3) is 5.56 Å². The molecule has 4 nitrogen and oxygen atoms in total. The molecule has 0 aliphatic rings. The Morgan fingerprint density at radius 2 is 2.24 bits per heavy atom. The van der Waals surface area contributed by atoms with Gasteiger partial charge in [0, 0.05) is 12.2 Å². The predicted octanol–water partition coefficient (Wildman–Crippen LogP) is 2.41. The molecule has 0 aliphatic carbocycles. The summed E-state index contributed by atoms with van der Waals surface area (Å²) in [5.41, 5.74) is 2.37. The van der Waals surface area contributed by atoms with Crippen LogP contribution in [0.1, 0.15) is 19.5 Å². The summed E-state index contributed by atoms with van der Waals surface area (Å²) in [7, 11) is 0. The van der Waals surface area contributed by atoms with Crippen LogP contribution in [0.25, 0.3) is 11.0 Å². The minimum atomic E-state index is 0.0288. The zero-order chi connectivity index (χ0) is 12.6. The lowest BCUT2D eigenvalue weighted by atomic mass is 10.2. The first-order chi connectivity index (χ1) is 8.02. The highest BCUT2D eigenvalue weighted by atomic mass is 32.2. The van der Waals surface area contributed by atoms with Crippen molar-refractivity contribution in [1.82, 2.24) is 14.5 Å². The van der Waals surface area contributed by atoms with Crippen LogP contribution in [0.5, 0.6) is 0 Å². The summed E-state index contributed by atoms with van der Waals surface area (Å²) in [4.78, 5) is 19.9. The zero-order valence-electron chi connectivity index (χ0n) is 10.6. The third-order valence-electron chi connectivity index (χ3n) is 2.57. The number of aryl methyl sites for hydroxylation is 1. The van der Waals surface area contributed by atoms with Crippen molar-refractivity contribution in [2.45, 2.75) is 32.5 Å². The Morgan fingerprint density at radius 1 is 1.53 bits per heavy atom. The number of aromatic nitrogens is 3. The molecule has 0 spiro atoms. The van der Waals surface area contributed by atoms with Crippen molar-refractivity contribution in [2.24, 2.45) is 5.92 Å². The summed E-state index contributed by atoms with van der Waals surface area (Å²) in [6, 6.07) is 1.91. The quantitative estimate of drug-likeness (QED) is 0.673. The highest BCUT2D eigenvalue weighted by Crippen LogP contribution is 2.16. The van der Waals surface area contributed by atoms with Gasteiger partial charge in [-0.1, -0.05) is 25.6 Å². The van der Waals surface area contributed by atoms with Gasteiger partial charge in [-0.2, -0.15) is 0 Å². The number of hydrogen-bond donors (Lipinski definition) is 1. The van der Waals surface area contributed by atoms with E-state index >= 15 is 0 Å². The molecule has 5 heteroatoms. The van der Waals surface area contributed by atoms with Crippen LogP contribution < -0.4 is 5.56 Å². The van der Waals surface area contributed by atoms with Crippen LogP contribution in [-0.2, 0) is 6.54 Å². The first-order valence-corrected chi connectivity index (χ1v) is 6.89. The van der Waals surface area contributed by atoms with Crippen molar-refractivity contribution in [3.63, 3.8) is 0 Å². The molecule has 0 unspecified atom stereocenters. The van der Waals surface area contributed by atoms with Crippen molar-refractivity contribution >= 4 is 22.8 Å². The molecule has 0 atom stereocenters. The molecule has 2 rings (SSSR count). The second kappa shape index (κ2) is 4.56. The average molecular weight is 251 g/mol. The van der Waals surface area contributed by atoms with Crippen molar-refractivity contribution in [1.29, 1.82) is 0 Å². The average Bonchev–Trinajstić information content (AvgIpc) is 2.62. The maximum atomic E-state index is 12.3. The van der Waals surface area contributed by atoms with E-state index in [1.165, 1.54) is 11.8 Å². The molecule has 92 valence electrons. The van der Waals surface area contributed by atoms with Crippen molar-refractivity contribution in [2.75, 3.05) is 6.26 Å². The highest BCUT2D eigenvalue weighted by Gasteiger charge is 2.12. The fourth-order valence-electron chi connectivity index (χ4n) is 1.89. The van der Waals surface area contributed by atoms with Gasteiger partial charge in [-0.15, -0.1) is 0 Å². The molecule has 0 radical (unpaired) electrons. The molecule has 2 aromatic heterocycles.